The quantitative estimate of drug-likeness (QED) is 0.790. The minimum atomic E-state index is -0.222. The maximum atomic E-state index is 13.8. The molecule has 0 unspecified atom stereocenters. The van der Waals surface area contributed by atoms with Crippen molar-refractivity contribution in [1.29, 1.82) is 0 Å². The molecule has 0 fully saturated rings. The molecule has 6 nitrogen and oxygen atoms in total. The Labute approximate surface area is 143 Å². The second-order valence-corrected chi connectivity index (χ2v) is 6.02. The van der Waals surface area contributed by atoms with E-state index in [1.807, 2.05) is 6.07 Å². The fraction of sp³-hybridized carbons (Fsp3) is 0.222. The first kappa shape index (κ1) is 15.6. The van der Waals surface area contributed by atoms with Crippen LogP contribution in [0.5, 0.6) is 0 Å². The van der Waals surface area contributed by atoms with Crippen LogP contribution < -0.4 is 5.56 Å². The highest BCUT2D eigenvalue weighted by atomic mass is 19.1. The van der Waals surface area contributed by atoms with Gasteiger partial charge in [-0.2, -0.15) is 0 Å². The van der Waals surface area contributed by atoms with Crippen molar-refractivity contribution in [2.24, 2.45) is 0 Å². The van der Waals surface area contributed by atoms with E-state index >= 15 is 0 Å². The van der Waals surface area contributed by atoms with Gasteiger partial charge in [-0.15, -0.1) is 0 Å². The second kappa shape index (κ2) is 6.52. The molecule has 1 N–H and O–H groups in total. The summed E-state index contributed by atoms with van der Waals surface area (Å²) in [5, 5.41) is 0. The molecule has 1 aliphatic rings. The Hall–Kier alpha value is -2.93. The number of nitrogens with zero attached hydrogens (tertiary/aromatic N) is 4. The number of halogens is 1. The highest BCUT2D eigenvalue weighted by molar-refractivity contribution is 5.52. The number of fused-ring (bicyclic) bond motifs is 1. The molecule has 7 heteroatoms. The van der Waals surface area contributed by atoms with Crippen LogP contribution in [0.2, 0.25) is 0 Å². The smallest absolute Gasteiger partial charge is 0.255 e. The molecule has 126 valence electrons. The normalized spacial score (nSPS) is 14.3. The van der Waals surface area contributed by atoms with E-state index in [0.29, 0.717) is 42.0 Å². The van der Waals surface area contributed by atoms with Gasteiger partial charge in [0.2, 0.25) is 0 Å². The van der Waals surface area contributed by atoms with Gasteiger partial charge in [-0.3, -0.25) is 9.69 Å². The molecule has 0 aliphatic carbocycles. The Morgan fingerprint density at radius 1 is 1.20 bits per heavy atom. The molecular weight excluding hydrogens is 321 g/mol. The van der Waals surface area contributed by atoms with Crippen molar-refractivity contribution >= 4 is 0 Å². The van der Waals surface area contributed by atoms with Gasteiger partial charge in [0.05, 0.1) is 16.8 Å². The molecule has 0 saturated heterocycles. The van der Waals surface area contributed by atoms with Crippen LogP contribution in [-0.4, -0.2) is 31.4 Å². The summed E-state index contributed by atoms with van der Waals surface area (Å²) in [6, 6.07) is 6.72. The predicted octanol–water partition coefficient (Wildman–Crippen LogP) is 1.92. The Morgan fingerprint density at radius 2 is 2.00 bits per heavy atom. The molecule has 0 amide bonds. The minimum Gasteiger partial charge on any atom is -0.306 e. The maximum absolute atomic E-state index is 13.8. The molecule has 3 aromatic rings. The minimum absolute atomic E-state index is 0.165. The number of aromatic amines is 1. The highest BCUT2D eigenvalue weighted by Crippen LogP contribution is 2.20. The van der Waals surface area contributed by atoms with Crippen LogP contribution in [0.15, 0.2) is 47.8 Å². The summed E-state index contributed by atoms with van der Waals surface area (Å²) in [4.78, 5) is 29.8. The van der Waals surface area contributed by atoms with E-state index in [0.717, 1.165) is 12.2 Å². The van der Waals surface area contributed by atoms with Crippen LogP contribution in [0.3, 0.4) is 0 Å². The van der Waals surface area contributed by atoms with Crippen LogP contribution in [0.4, 0.5) is 4.39 Å². The molecular formula is C18H16FN5O. The van der Waals surface area contributed by atoms with Gasteiger partial charge in [0, 0.05) is 44.0 Å². The average molecular weight is 337 g/mol. The summed E-state index contributed by atoms with van der Waals surface area (Å²) in [5.74, 6) is 0.256. The van der Waals surface area contributed by atoms with E-state index in [1.54, 1.807) is 24.5 Å². The monoisotopic (exact) mass is 337 g/mol. The van der Waals surface area contributed by atoms with E-state index < -0.39 is 0 Å². The zero-order chi connectivity index (χ0) is 17.2. The van der Waals surface area contributed by atoms with Gasteiger partial charge in [-0.1, -0.05) is 18.2 Å². The van der Waals surface area contributed by atoms with E-state index in [-0.39, 0.29) is 11.4 Å². The Balaban J connectivity index is 1.60. The van der Waals surface area contributed by atoms with Gasteiger partial charge >= 0.3 is 0 Å². The molecule has 4 rings (SSSR count). The predicted molar refractivity (Wildman–Crippen MR) is 90.1 cm³/mol. The molecule has 3 heterocycles. The molecule has 1 aromatic carbocycles. The van der Waals surface area contributed by atoms with Gasteiger partial charge in [0.15, 0.2) is 0 Å². The van der Waals surface area contributed by atoms with E-state index in [2.05, 4.69) is 24.8 Å². The largest absolute Gasteiger partial charge is 0.306 e. The standard InChI is InChI=1S/C18H16FN5O/c19-15-4-2-1-3-12(15)9-24-6-5-16-14(10-24)18(25)23-17(22-16)13-7-20-11-21-8-13/h1-4,7-8,11H,5-6,9-10H2,(H,22,23,25). The zero-order valence-electron chi connectivity index (χ0n) is 13.4. The van der Waals surface area contributed by atoms with Crippen LogP contribution in [0.1, 0.15) is 16.8 Å². The van der Waals surface area contributed by atoms with Gasteiger partial charge < -0.3 is 4.98 Å². The summed E-state index contributed by atoms with van der Waals surface area (Å²) in [5.41, 5.74) is 2.57. The number of hydrogen-bond donors (Lipinski definition) is 1. The Morgan fingerprint density at radius 3 is 2.80 bits per heavy atom. The number of hydrogen-bond acceptors (Lipinski definition) is 5. The molecule has 0 bridgehead atoms. The zero-order valence-corrected chi connectivity index (χ0v) is 13.4. The Kier molecular flexibility index (Phi) is 4.07. The summed E-state index contributed by atoms with van der Waals surface area (Å²) in [6.45, 7) is 1.65. The average Bonchev–Trinajstić information content (AvgIpc) is 2.65. The lowest BCUT2D eigenvalue weighted by Crippen LogP contribution is -2.35. The van der Waals surface area contributed by atoms with E-state index in [4.69, 9.17) is 0 Å². The van der Waals surface area contributed by atoms with Crippen LogP contribution >= 0.6 is 0 Å². The third-order valence-corrected chi connectivity index (χ3v) is 4.33. The van der Waals surface area contributed by atoms with Crippen LogP contribution in [-0.2, 0) is 19.5 Å². The maximum Gasteiger partial charge on any atom is 0.255 e. The third-order valence-electron chi connectivity index (χ3n) is 4.33. The lowest BCUT2D eigenvalue weighted by atomic mass is 10.1. The molecule has 2 aromatic heterocycles. The molecule has 0 atom stereocenters. The molecule has 0 spiro atoms. The summed E-state index contributed by atoms with van der Waals surface area (Å²) >= 11 is 0. The van der Waals surface area contributed by atoms with Crippen molar-refractivity contribution in [3.8, 4) is 11.4 Å². The number of H-pyrrole nitrogens is 1. The van der Waals surface area contributed by atoms with E-state index in [9.17, 15) is 9.18 Å². The van der Waals surface area contributed by atoms with E-state index in [1.165, 1.54) is 12.4 Å². The lowest BCUT2D eigenvalue weighted by Gasteiger charge is -2.27. The van der Waals surface area contributed by atoms with Crippen LogP contribution in [0.25, 0.3) is 11.4 Å². The first-order valence-electron chi connectivity index (χ1n) is 8.04. The fourth-order valence-electron chi connectivity index (χ4n) is 3.04. The fourth-order valence-corrected chi connectivity index (χ4v) is 3.04. The van der Waals surface area contributed by atoms with Crippen molar-refractivity contribution in [2.75, 3.05) is 6.54 Å². The topological polar surface area (TPSA) is 74.8 Å². The third kappa shape index (κ3) is 3.18. The molecule has 25 heavy (non-hydrogen) atoms. The SMILES string of the molecule is O=c1[nH]c(-c2cncnc2)nc2c1CN(Cc1ccccc1F)CC2. The second-order valence-electron chi connectivity index (χ2n) is 6.02. The van der Waals surface area contributed by atoms with Gasteiger partial charge in [-0.05, 0) is 6.07 Å². The van der Waals surface area contributed by atoms with Crippen molar-refractivity contribution in [1.82, 2.24) is 24.8 Å². The van der Waals surface area contributed by atoms with Crippen molar-refractivity contribution in [3.05, 3.63) is 76.0 Å². The van der Waals surface area contributed by atoms with Crippen LogP contribution in [0, 0.1) is 5.82 Å². The van der Waals surface area contributed by atoms with Gasteiger partial charge in [-0.25, -0.2) is 19.3 Å². The molecule has 0 radical (unpaired) electrons. The number of benzene rings is 1. The van der Waals surface area contributed by atoms with Gasteiger partial charge in [0.25, 0.3) is 5.56 Å². The Bertz CT molecular complexity index is 957. The number of aromatic nitrogens is 4. The van der Waals surface area contributed by atoms with Gasteiger partial charge in [0.1, 0.15) is 18.0 Å². The first-order chi connectivity index (χ1) is 12.2. The first-order valence-corrected chi connectivity index (χ1v) is 8.04. The lowest BCUT2D eigenvalue weighted by molar-refractivity contribution is 0.238. The van der Waals surface area contributed by atoms with Crippen molar-refractivity contribution in [2.45, 2.75) is 19.5 Å². The van der Waals surface area contributed by atoms with Crippen molar-refractivity contribution < 1.29 is 4.39 Å². The highest BCUT2D eigenvalue weighted by Gasteiger charge is 2.22. The summed E-state index contributed by atoms with van der Waals surface area (Å²) < 4.78 is 13.8. The molecule has 1 aliphatic heterocycles. The summed E-state index contributed by atoms with van der Waals surface area (Å²) in [6.07, 6.45) is 5.31. The number of nitrogens with one attached hydrogen (secondary N) is 1. The summed E-state index contributed by atoms with van der Waals surface area (Å²) in [7, 11) is 0. The number of rotatable bonds is 3. The molecule has 0 saturated carbocycles. The van der Waals surface area contributed by atoms with Crippen molar-refractivity contribution in [3.63, 3.8) is 0 Å².